The number of rotatable bonds is 4. The molecule has 0 spiro atoms. The first kappa shape index (κ1) is 14.9. The minimum absolute atomic E-state index is 0.0417. The highest BCUT2D eigenvalue weighted by atomic mass is 16.3. The highest BCUT2D eigenvalue weighted by Crippen LogP contribution is 1.96. The van der Waals surface area contributed by atoms with Crippen LogP contribution in [0.2, 0.25) is 0 Å². The van der Waals surface area contributed by atoms with Crippen molar-refractivity contribution < 1.29 is 9.90 Å². The van der Waals surface area contributed by atoms with E-state index in [0.29, 0.717) is 12.5 Å². The molecule has 0 aliphatic rings. The Labute approximate surface area is 81.3 Å². The van der Waals surface area contributed by atoms with E-state index in [2.05, 4.69) is 6.92 Å². The number of aliphatic hydroxyl groups is 1. The van der Waals surface area contributed by atoms with Crippen molar-refractivity contribution in [2.75, 3.05) is 6.61 Å². The maximum Gasteiger partial charge on any atom is 0.220 e. The van der Waals surface area contributed by atoms with Gasteiger partial charge in [-0.1, -0.05) is 34.1 Å². The second-order valence-electron chi connectivity index (χ2n) is 3.41. The van der Waals surface area contributed by atoms with E-state index < -0.39 is 0 Å². The van der Waals surface area contributed by atoms with Crippen LogP contribution in [0.25, 0.3) is 0 Å². The van der Waals surface area contributed by atoms with Gasteiger partial charge in [-0.15, -0.1) is 0 Å². The maximum absolute atomic E-state index is 10.2. The van der Waals surface area contributed by atoms with Gasteiger partial charge in [-0.25, -0.2) is 0 Å². The number of hydrogen-bond donors (Lipinski definition) is 2. The summed E-state index contributed by atoms with van der Waals surface area (Å²) in [4.78, 5) is 10.2. The molecule has 2 atom stereocenters. The quantitative estimate of drug-likeness (QED) is 0.704. The van der Waals surface area contributed by atoms with Gasteiger partial charge < -0.3 is 10.8 Å². The Bertz CT molecular complexity index is 122. The molecule has 0 aromatic carbocycles. The lowest BCUT2D eigenvalue weighted by atomic mass is 10.1. The molecular weight excluding hydrogens is 166 g/mol. The van der Waals surface area contributed by atoms with E-state index in [9.17, 15) is 4.79 Å². The van der Waals surface area contributed by atoms with E-state index in [4.69, 9.17) is 10.8 Å². The van der Waals surface area contributed by atoms with E-state index in [0.717, 1.165) is 12.8 Å². The Morgan fingerprint density at radius 2 is 1.77 bits per heavy atom. The summed E-state index contributed by atoms with van der Waals surface area (Å²) in [7, 11) is 0. The van der Waals surface area contributed by atoms with E-state index in [1.807, 2.05) is 20.8 Å². The van der Waals surface area contributed by atoms with Crippen molar-refractivity contribution in [2.24, 2.45) is 17.6 Å². The number of carbonyl (C=O) groups is 1. The number of carbonyl (C=O) groups excluding carboxylic acids is 1. The van der Waals surface area contributed by atoms with Crippen LogP contribution in [0.4, 0.5) is 0 Å². The van der Waals surface area contributed by atoms with Gasteiger partial charge in [0.2, 0.25) is 5.91 Å². The summed E-state index contributed by atoms with van der Waals surface area (Å²) in [5, 5.41) is 8.33. The molecule has 3 nitrogen and oxygen atoms in total. The second-order valence-corrected chi connectivity index (χ2v) is 3.41. The van der Waals surface area contributed by atoms with Crippen molar-refractivity contribution >= 4 is 5.91 Å². The number of primary amides is 1. The van der Waals surface area contributed by atoms with Crippen LogP contribution < -0.4 is 5.73 Å². The highest BCUT2D eigenvalue weighted by molar-refractivity contribution is 5.76. The van der Waals surface area contributed by atoms with Gasteiger partial charge in [-0.2, -0.15) is 0 Å². The van der Waals surface area contributed by atoms with Gasteiger partial charge in [-0.05, 0) is 12.3 Å². The summed E-state index contributed by atoms with van der Waals surface area (Å²) in [5.74, 6) is 0.326. The first-order valence-electron chi connectivity index (χ1n) is 4.89. The summed E-state index contributed by atoms with van der Waals surface area (Å²) in [6.45, 7) is 8.19. The Balaban J connectivity index is 0. The number of nitrogens with two attached hydrogens (primary N) is 1. The van der Waals surface area contributed by atoms with Gasteiger partial charge >= 0.3 is 0 Å². The van der Waals surface area contributed by atoms with Crippen LogP contribution in [-0.2, 0) is 4.79 Å². The van der Waals surface area contributed by atoms with Gasteiger partial charge in [0.15, 0.2) is 0 Å². The zero-order valence-corrected chi connectivity index (χ0v) is 9.21. The fourth-order valence-electron chi connectivity index (χ4n) is 0.330. The Morgan fingerprint density at radius 1 is 1.31 bits per heavy atom. The SMILES string of the molecule is CCC(C)C(N)=O.CCC(C)CO. The molecule has 1 amide bonds. The van der Waals surface area contributed by atoms with Crippen molar-refractivity contribution in [2.45, 2.75) is 40.5 Å². The standard InChI is InChI=1S/C5H11NO.C5H12O/c1-3-4(2)5(6)7;1-3-5(2)4-6/h4H,3H2,1-2H3,(H2,6,7);5-6H,3-4H2,1-2H3. The zero-order chi connectivity index (χ0) is 10.9. The van der Waals surface area contributed by atoms with Crippen LogP contribution in [0.5, 0.6) is 0 Å². The minimum Gasteiger partial charge on any atom is -0.396 e. The molecular formula is C10H23NO2. The third-order valence-corrected chi connectivity index (χ3v) is 2.11. The molecule has 0 heterocycles. The van der Waals surface area contributed by atoms with Crippen molar-refractivity contribution in [1.29, 1.82) is 0 Å². The summed E-state index contributed by atoms with van der Waals surface area (Å²) >= 11 is 0. The van der Waals surface area contributed by atoms with E-state index in [1.165, 1.54) is 0 Å². The topological polar surface area (TPSA) is 63.3 Å². The highest BCUT2D eigenvalue weighted by Gasteiger charge is 2.02. The van der Waals surface area contributed by atoms with Gasteiger partial charge in [0.25, 0.3) is 0 Å². The fraction of sp³-hybridized carbons (Fsp3) is 0.900. The molecule has 0 aliphatic carbocycles. The molecule has 80 valence electrons. The average molecular weight is 189 g/mol. The number of amides is 1. The first-order valence-corrected chi connectivity index (χ1v) is 4.89. The predicted octanol–water partition coefficient (Wildman–Crippen LogP) is 1.54. The third-order valence-electron chi connectivity index (χ3n) is 2.11. The lowest BCUT2D eigenvalue weighted by Gasteiger charge is -1.98. The van der Waals surface area contributed by atoms with Crippen LogP contribution in [0.3, 0.4) is 0 Å². The average Bonchev–Trinajstić information content (AvgIpc) is 2.16. The summed E-state index contributed by atoms with van der Waals surface area (Å²) in [6.07, 6.45) is 1.92. The van der Waals surface area contributed by atoms with Gasteiger partial charge in [0.05, 0.1) is 0 Å². The molecule has 0 radical (unpaired) electrons. The summed E-state index contributed by atoms with van der Waals surface area (Å²) in [6, 6.07) is 0. The molecule has 3 heteroatoms. The Hall–Kier alpha value is -0.570. The molecule has 0 aliphatic heterocycles. The van der Waals surface area contributed by atoms with Crippen molar-refractivity contribution in [1.82, 2.24) is 0 Å². The van der Waals surface area contributed by atoms with Crippen LogP contribution in [0.1, 0.15) is 40.5 Å². The largest absolute Gasteiger partial charge is 0.396 e. The molecule has 0 saturated heterocycles. The zero-order valence-electron chi connectivity index (χ0n) is 9.21. The van der Waals surface area contributed by atoms with E-state index in [1.54, 1.807) is 0 Å². The molecule has 0 saturated carbocycles. The molecule has 0 fully saturated rings. The normalized spacial score (nSPS) is 13.9. The van der Waals surface area contributed by atoms with Gasteiger partial charge in [-0.3, -0.25) is 4.79 Å². The van der Waals surface area contributed by atoms with Crippen molar-refractivity contribution in [3.8, 4) is 0 Å². The molecule has 3 N–H and O–H groups in total. The molecule has 2 unspecified atom stereocenters. The molecule has 0 aromatic heterocycles. The van der Waals surface area contributed by atoms with Crippen molar-refractivity contribution in [3.05, 3.63) is 0 Å². The monoisotopic (exact) mass is 189 g/mol. The fourth-order valence-corrected chi connectivity index (χ4v) is 0.330. The van der Waals surface area contributed by atoms with Crippen molar-refractivity contribution in [3.63, 3.8) is 0 Å². The summed E-state index contributed by atoms with van der Waals surface area (Å²) < 4.78 is 0. The van der Waals surface area contributed by atoms with E-state index in [-0.39, 0.29) is 11.8 Å². The van der Waals surface area contributed by atoms with Crippen LogP contribution in [0.15, 0.2) is 0 Å². The van der Waals surface area contributed by atoms with E-state index >= 15 is 0 Å². The predicted molar refractivity (Wildman–Crippen MR) is 55.2 cm³/mol. The Kier molecular flexibility index (Phi) is 10.9. The third kappa shape index (κ3) is 11.4. The smallest absolute Gasteiger partial charge is 0.220 e. The minimum atomic E-state index is -0.206. The van der Waals surface area contributed by atoms with Gasteiger partial charge in [0.1, 0.15) is 0 Å². The Morgan fingerprint density at radius 3 is 1.77 bits per heavy atom. The molecule has 0 rings (SSSR count). The van der Waals surface area contributed by atoms with Gasteiger partial charge in [0, 0.05) is 12.5 Å². The second kappa shape index (κ2) is 9.52. The first-order chi connectivity index (χ1) is 5.99. The number of aliphatic hydroxyl groups excluding tert-OH is 1. The lowest BCUT2D eigenvalue weighted by molar-refractivity contribution is -0.121. The van der Waals surface area contributed by atoms with Crippen LogP contribution in [0, 0.1) is 11.8 Å². The molecule has 0 bridgehead atoms. The van der Waals surface area contributed by atoms with Crippen LogP contribution >= 0.6 is 0 Å². The van der Waals surface area contributed by atoms with Crippen LogP contribution in [-0.4, -0.2) is 17.6 Å². The molecule has 0 aromatic rings. The number of hydrogen-bond acceptors (Lipinski definition) is 2. The molecule has 13 heavy (non-hydrogen) atoms. The summed E-state index contributed by atoms with van der Waals surface area (Å²) in [5.41, 5.74) is 4.91. The maximum atomic E-state index is 10.2. The lowest BCUT2D eigenvalue weighted by Crippen LogP contribution is -2.19.